The van der Waals surface area contributed by atoms with Gasteiger partial charge < -0.3 is 0 Å². The highest BCUT2D eigenvalue weighted by atomic mass is 79.9. The van der Waals surface area contributed by atoms with Crippen LogP contribution in [0.3, 0.4) is 0 Å². The Morgan fingerprint density at radius 3 is 2.29 bits per heavy atom. The topological polar surface area (TPSA) is 0 Å². The molecule has 0 fully saturated rings. The van der Waals surface area contributed by atoms with Gasteiger partial charge in [0.05, 0.1) is 0 Å². The van der Waals surface area contributed by atoms with Gasteiger partial charge in [0.15, 0.2) is 0 Å². The normalized spacial score (nSPS) is 16.6. The third-order valence-electron chi connectivity index (χ3n) is 3.64. The van der Waals surface area contributed by atoms with Gasteiger partial charge in [-0.05, 0) is 36.1 Å². The molecule has 2 aliphatic rings. The zero-order valence-electron chi connectivity index (χ0n) is 11.3. The van der Waals surface area contributed by atoms with Crippen molar-refractivity contribution in [3.8, 4) is 11.1 Å². The van der Waals surface area contributed by atoms with E-state index < -0.39 is 0 Å². The summed E-state index contributed by atoms with van der Waals surface area (Å²) in [6, 6.07) is 15.1. The van der Waals surface area contributed by atoms with Crippen molar-refractivity contribution in [2.45, 2.75) is 22.6 Å². The average molecular weight is 373 g/mol. The minimum Gasteiger partial charge on any atom is -0.0880 e. The fourth-order valence-corrected chi connectivity index (χ4v) is 5.67. The molecule has 0 bridgehead atoms. The molecule has 0 spiro atoms. The summed E-state index contributed by atoms with van der Waals surface area (Å²) in [6.45, 7) is 0. The van der Waals surface area contributed by atoms with Gasteiger partial charge in [0.2, 0.25) is 0 Å². The molecule has 1 heterocycles. The summed E-state index contributed by atoms with van der Waals surface area (Å²) >= 11 is 7.52. The predicted molar refractivity (Wildman–Crippen MR) is 96.7 cm³/mol. The van der Waals surface area contributed by atoms with E-state index in [1.54, 1.807) is 0 Å². The molecule has 0 amide bonds. The molecule has 0 unspecified atom stereocenters. The quantitative estimate of drug-likeness (QED) is 0.535. The fourth-order valence-electron chi connectivity index (χ4n) is 2.64. The van der Waals surface area contributed by atoms with Crippen LogP contribution in [0, 0.1) is 0 Å². The van der Waals surface area contributed by atoms with E-state index in [0.717, 1.165) is 4.47 Å². The minimum atomic E-state index is 1.16. The van der Waals surface area contributed by atoms with Crippen LogP contribution in [0.2, 0.25) is 0 Å². The maximum Gasteiger partial charge on any atom is 0.0341 e. The molecule has 0 saturated heterocycles. The molecule has 0 N–H and O–H groups in total. The van der Waals surface area contributed by atoms with Crippen LogP contribution in [0.25, 0.3) is 11.1 Å². The summed E-state index contributed by atoms with van der Waals surface area (Å²) in [5, 5.41) is 0. The zero-order chi connectivity index (χ0) is 14.2. The van der Waals surface area contributed by atoms with Crippen molar-refractivity contribution in [1.82, 2.24) is 0 Å². The molecule has 0 nitrogen and oxygen atoms in total. The zero-order valence-corrected chi connectivity index (χ0v) is 14.5. The molecule has 3 heteroatoms. The molecule has 0 atom stereocenters. The lowest BCUT2D eigenvalue weighted by Gasteiger charge is -2.25. The first kappa shape index (κ1) is 13.7. The van der Waals surface area contributed by atoms with Crippen LogP contribution in [0.15, 0.2) is 78.7 Å². The summed E-state index contributed by atoms with van der Waals surface area (Å²) in [6.07, 6.45) is 7.10. The van der Waals surface area contributed by atoms with Crippen LogP contribution in [-0.4, -0.2) is 0 Å². The Balaban J connectivity index is 1.88. The van der Waals surface area contributed by atoms with Crippen molar-refractivity contribution in [3.63, 3.8) is 0 Å². The number of hydrogen-bond acceptors (Lipinski definition) is 2. The van der Waals surface area contributed by atoms with Crippen LogP contribution in [0.4, 0.5) is 0 Å². The van der Waals surface area contributed by atoms with Crippen LogP contribution in [0.5, 0.6) is 0 Å². The van der Waals surface area contributed by atoms with E-state index in [4.69, 9.17) is 0 Å². The lowest BCUT2D eigenvalue weighted by Crippen LogP contribution is -1.97. The van der Waals surface area contributed by atoms with E-state index in [1.165, 1.54) is 43.6 Å². The van der Waals surface area contributed by atoms with Crippen LogP contribution in [-0.2, 0) is 0 Å². The SMILES string of the molecule is Brc1ccccc1-c1cccc2c1SC1=CCCC=C1S2. The van der Waals surface area contributed by atoms with Crippen molar-refractivity contribution in [2.24, 2.45) is 0 Å². The maximum absolute atomic E-state index is 3.69. The molecule has 104 valence electrons. The Labute approximate surface area is 141 Å². The van der Waals surface area contributed by atoms with E-state index >= 15 is 0 Å². The Morgan fingerprint density at radius 2 is 1.48 bits per heavy atom. The first-order valence-corrected chi connectivity index (χ1v) is 9.40. The standard InChI is InChI=1S/C18H13BrS2/c19-14-8-2-1-6-12(14)13-7-5-11-17-18(13)21-16-10-4-3-9-15(16)20-17/h1-2,5-11H,3-4H2. The van der Waals surface area contributed by atoms with Crippen LogP contribution >= 0.6 is 39.5 Å². The number of benzene rings is 2. The lowest BCUT2D eigenvalue weighted by atomic mass is 10.1. The van der Waals surface area contributed by atoms with Crippen molar-refractivity contribution in [3.05, 3.63) is 68.9 Å². The second kappa shape index (κ2) is 5.71. The van der Waals surface area contributed by atoms with E-state index in [9.17, 15) is 0 Å². The van der Waals surface area contributed by atoms with Crippen LogP contribution in [0.1, 0.15) is 12.8 Å². The van der Waals surface area contributed by atoms with E-state index in [-0.39, 0.29) is 0 Å². The van der Waals surface area contributed by atoms with Crippen molar-refractivity contribution >= 4 is 39.5 Å². The van der Waals surface area contributed by atoms with Gasteiger partial charge in [0.25, 0.3) is 0 Å². The molecular weight excluding hydrogens is 360 g/mol. The highest BCUT2D eigenvalue weighted by Crippen LogP contribution is 2.54. The number of hydrogen-bond donors (Lipinski definition) is 0. The summed E-state index contributed by atoms with van der Waals surface area (Å²) in [7, 11) is 0. The monoisotopic (exact) mass is 372 g/mol. The predicted octanol–water partition coefficient (Wildman–Crippen LogP) is 6.88. The summed E-state index contributed by atoms with van der Waals surface area (Å²) in [4.78, 5) is 5.62. The lowest BCUT2D eigenvalue weighted by molar-refractivity contribution is 1.03. The number of thioether (sulfide) groups is 2. The maximum atomic E-state index is 3.69. The molecular formula is C18H13BrS2. The Kier molecular flexibility index (Phi) is 3.74. The van der Waals surface area contributed by atoms with Gasteiger partial charge in [-0.3, -0.25) is 0 Å². The second-order valence-corrected chi connectivity index (χ2v) is 8.02. The number of allylic oxidation sites excluding steroid dienone is 2. The third-order valence-corrected chi connectivity index (χ3v) is 7.01. The van der Waals surface area contributed by atoms with E-state index in [2.05, 4.69) is 70.5 Å². The molecule has 1 aliphatic carbocycles. The first-order chi connectivity index (χ1) is 10.3. The minimum absolute atomic E-state index is 1.16. The fraction of sp³-hybridized carbons (Fsp3) is 0.111. The smallest absolute Gasteiger partial charge is 0.0341 e. The summed E-state index contributed by atoms with van der Waals surface area (Å²) in [5.41, 5.74) is 2.59. The van der Waals surface area contributed by atoms with Gasteiger partial charge in [-0.2, -0.15) is 0 Å². The largest absolute Gasteiger partial charge is 0.0880 e. The van der Waals surface area contributed by atoms with Gasteiger partial charge in [0.1, 0.15) is 0 Å². The molecule has 2 aromatic carbocycles. The van der Waals surface area contributed by atoms with E-state index in [0.29, 0.717) is 0 Å². The van der Waals surface area contributed by atoms with Crippen molar-refractivity contribution in [1.29, 1.82) is 0 Å². The van der Waals surface area contributed by atoms with Gasteiger partial charge in [-0.15, -0.1) is 0 Å². The number of rotatable bonds is 1. The number of halogens is 1. The molecule has 2 aromatic rings. The highest BCUT2D eigenvalue weighted by Gasteiger charge is 2.23. The Morgan fingerprint density at radius 1 is 0.762 bits per heavy atom. The third kappa shape index (κ3) is 2.52. The average Bonchev–Trinajstić information content (AvgIpc) is 2.53. The molecule has 0 saturated carbocycles. The Hall–Kier alpha value is -0.900. The first-order valence-electron chi connectivity index (χ1n) is 6.97. The van der Waals surface area contributed by atoms with Crippen molar-refractivity contribution in [2.75, 3.05) is 0 Å². The van der Waals surface area contributed by atoms with Gasteiger partial charge >= 0.3 is 0 Å². The second-order valence-electron chi connectivity index (χ2n) is 5.03. The summed E-state index contributed by atoms with van der Waals surface area (Å²) < 4.78 is 1.16. The van der Waals surface area contributed by atoms with Gasteiger partial charge in [-0.1, -0.05) is 81.9 Å². The molecule has 0 aromatic heterocycles. The summed E-state index contributed by atoms with van der Waals surface area (Å²) in [5.74, 6) is 0. The van der Waals surface area contributed by atoms with Crippen molar-refractivity contribution < 1.29 is 0 Å². The van der Waals surface area contributed by atoms with Crippen LogP contribution < -0.4 is 0 Å². The molecule has 4 rings (SSSR count). The highest BCUT2D eigenvalue weighted by molar-refractivity contribution is 9.10. The molecule has 1 aliphatic heterocycles. The van der Waals surface area contributed by atoms with Gasteiger partial charge in [-0.25, -0.2) is 0 Å². The van der Waals surface area contributed by atoms with E-state index in [1.807, 2.05) is 23.5 Å². The molecule has 21 heavy (non-hydrogen) atoms. The number of fused-ring (bicyclic) bond motifs is 2. The van der Waals surface area contributed by atoms with Gasteiger partial charge in [0, 0.05) is 24.1 Å². The Bertz CT molecular complexity index is 775. The molecule has 0 radical (unpaired) electrons.